The SMILES string of the molecule is CCC(=O)N[C@H](C(=O)N1CCN(C(=O)c2cc3cc(F)c(F)cc3n2CC(=O)N2CCC[C@H]2COc2cc(CN3CCC(Oc4ccnc5ccsc45)CC3)on2)[C@@H](C)C1)C1CCCCC1. The zero-order chi connectivity index (χ0) is 45.9. The van der Waals surface area contributed by atoms with Gasteiger partial charge in [-0.05, 0) is 86.2 Å². The Hall–Kier alpha value is -5.62. The van der Waals surface area contributed by atoms with E-state index in [1.165, 1.54) is 10.6 Å². The minimum atomic E-state index is -1.09. The van der Waals surface area contributed by atoms with Crippen LogP contribution in [0.4, 0.5) is 8.78 Å². The van der Waals surface area contributed by atoms with Crippen molar-refractivity contribution in [3.63, 3.8) is 0 Å². The number of halogens is 2. The fourth-order valence-corrected chi connectivity index (χ4v) is 11.0. The Balaban J connectivity index is 0.814. The lowest BCUT2D eigenvalue weighted by atomic mass is 9.83. The van der Waals surface area contributed by atoms with Gasteiger partial charge in [-0.15, -0.1) is 11.3 Å². The molecule has 0 spiro atoms. The van der Waals surface area contributed by atoms with Crippen molar-refractivity contribution >= 4 is 56.1 Å². The van der Waals surface area contributed by atoms with Gasteiger partial charge in [-0.3, -0.25) is 29.1 Å². The van der Waals surface area contributed by atoms with Crippen LogP contribution in [-0.4, -0.2) is 128 Å². The zero-order valence-corrected chi connectivity index (χ0v) is 38.4. The van der Waals surface area contributed by atoms with E-state index in [-0.39, 0.29) is 86.2 Å². The fourth-order valence-electron chi connectivity index (χ4n) is 10.2. The van der Waals surface area contributed by atoms with Crippen molar-refractivity contribution in [1.29, 1.82) is 0 Å². The molecule has 66 heavy (non-hydrogen) atoms. The Labute approximate surface area is 386 Å². The van der Waals surface area contributed by atoms with Gasteiger partial charge in [0, 0.05) is 75.4 Å². The molecule has 4 fully saturated rings. The molecule has 1 saturated carbocycles. The number of hydrogen-bond acceptors (Lipinski definition) is 11. The predicted octanol–water partition coefficient (Wildman–Crippen LogP) is 6.78. The number of piperazine rings is 1. The molecule has 1 N–H and O–H groups in total. The first-order valence-corrected chi connectivity index (χ1v) is 24.4. The number of amides is 4. The number of benzene rings is 1. The average Bonchev–Trinajstić information content (AvgIpc) is 4.16. The molecule has 0 radical (unpaired) electrons. The molecule has 0 unspecified atom stereocenters. The van der Waals surface area contributed by atoms with E-state index in [2.05, 4.69) is 20.4 Å². The topological polar surface area (TPSA) is 156 Å². The molecule has 3 atom stereocenters. The van der Waals surface area contributed by atoms with Crippen LogP contribution in [-0.2, 0) is 27.5 Å². The summed E-state index contributed by atoms with van der Waals surface area (Å²) in [4.78, 5) is 67.0. The number of ether oxygens (including phenoxy) is 2. The van der Waals surface area contributed by atoms with Gasteiger partial charge in [-0.1, -0.05) is 26.2 Å². The molecule has 4 amide bonds. The molecule has 4 aliphatic rings. The number of carbonyl (C=O) groups excluding carboxylic acids is 4. The lowest BCUT2D eigenvalue weighted by molar-refractivity contribution is -0.140. The molecule has 1 aromatic carbocycles. The largest absolute Gasteiger partial charge is 0.489 e. The molecule has 352 valence electrons. The number of aromatic nitrogens is 3. The lowest BCUT2D eigenvalue weighted by Crippen LogP contribution is -2.60. The summed E-state index contributed by atoms with van der Waals surface area (Å²) in [6.07, 6.45) is 10.2. The molecular formula is C48H58F2N8O7S. The average molecular weight is 929 g/mol. The molecular weight excluding hydrogens is 871 g/mol. The minimum Gasteiger partial charge on any atom is -0.489 e. The van der Waals surface area contributed by atoms with Crippen LogP contribution in [0.3, 0.4) is 0 Å². The normalized spacial score (nSPS) is 20.6. The van der Waals surface area contributed by atoms with Gasteiger partial charge >= 0.3 is 0 Å². The number of hydrogen-bond donors (Lipinski definition) is 1. The summed E-state index contributed by atoms with van der Waals surface area (Å²) >= 11 is 1.63. The van der Waals surface area contributed by atoms with Gasteiger partial charge < -0.3 is 38.6 Å². The van der Waals surface area contributed by atoms with Gasteiger partial charge in [-0.2, -0.15) is 0 Å². The van der Waals surface area contributed by atoms with E-state index in [4.69, 9.17) is 14.0 Å². The van der Waals surface area contributed by atoms with Crippen molar-refractivity contribution in [2.45, 2.75) is 115 Å². The van der Waals surface area contributed by atoms with E-state index < -0.39 is 29.6 Å². The Kier molecular flexibility index (Phi) is 13.9. The highest BCUT2D eigenvalue weighted by Gasteiger charge is 2.39. The molecule has 18 heteroatoms. The molecule has 9 rings (SSSR count). The zero-order valence-electron chi connectivity index (χ0n) is 37.6. The third kappa shape index (κ3) is 9.89. The van der Waals surface area contributed by atoms with Crippen LogP contribution in [0, 0.1) is 17.6 Å². The van der Waals surface area contributed by atoms with Crippen LogP contribution >= 0.6 is 11.3 Å². The number of rotatable bonds is 14. The number of piperidine rings is 1. The second-order valence-corrected chi connectivity index (χ2v) is 19.1. The molecule has 0 bridgehead atoms. The minimum absolute atomic E-state index is 0.0608. The monoisotopic (exact) mass is 928 g/mol. The standard InChI is InChI=1S/C48H58F2N8O7S/c1-3-42(59)52-45(31-8-5-4-6-9-31)48(62)55-19-20-56(30(2)26-55)47(61)40-23-32-22-36(49)37(50)25-39(32)58(40)28-44(60)57-16-7-10-33(57)29-63-43-24-35(65-53-43)27-54-17-12-34(13-18-54)64-41-11-15-51-38-14-21-66-46(38)41/h11,14-15,21-25,30-31,33-34,45H,3-10,12-13,16-20,26-29H2,1-2H3,(H,52,59)/t30-,33-,45-/m0/s1. The van der Waals surface area contributed by atoms with E-state index in [9.17, 15) is 28.0 Å². The number of nitrogens with zero attached hydrogens (tertiary/aromatic N) is 7. The van der Waals surface area contributed by atoms with Gasteiger partial charge in [0.25, 0.3) is 11.8 Å². The quantitative estimate of drug-likeness (QED) is 0.126. The van der Waals surface area contributed by atoms with Crippen molar-refractivity contribution in [1.82, 2.24) is 39.6 Å². The molecule has 3 saturated heterocycles. The molecule has 4 aromatic heterocycles. The fraction of sp³-hybridized carbons (Fsp3) is 0.542. The maximum Gasteiger partial charge on any atom is 0.270 e. The van der Waals surface area contributed by atoms with E-state index in [0.29, 0.717) is 36.5 Å². The summed E-state index contributed by atoms with van der Waals surface area (Å²) in [5.74, 6) is -1.21. The summed E-state index contributed by atoms with van der Waals surface area (Å²) < 4.78 is 50.1. The number of thiophene rings is 1. The summed E-state index contributed by atoms with van der Waals surface area (Å²) in [5, 5.41) is 9.46. The van der Waals surface area contributed by atoms with Crippen molar-refractivity contribution in [2.75, 3.05) is 45.9 Å². The highest BCUT2D eigenvalue weighted by molar-refractivity contribution is 7.17. The molecule has 5 aromatic rings. The number of pyridine rings is 1. The van der Waals surface area contributed by atoms with Crippen molar-refractivity contribution in [2.24, 2.45) is 5.92 Å². The summed E-state index contributed by atoms with van der Waals surface area (Å²) in [7, 11) is 0. The van der Waals surface area contributed by atoms with E-state index >= 15 is 0 Å². The number of likely N-dealkylation sites (tertiary alicyclic amines) is 2. The van der Waals surface area contributed by atoms with Crippen LogP contribution in [0.25, 0.3) is 21.1 Å². The van der Waals surface area contributed by atoms with Crippen LogP contribution in [0.1, 0.15) is 94.3 Å². The number of fused-ring (bicyclic) bond motifs is 2. The second kappa shape index (κ2) is 20.1. The van der Waals surface area contributed by atoms with Gasteiger partial charge in [0.05, 0.1) is 28.3 Å². The van der Waals surface area contributed by atoms with E-state index in [1.807, 2.05) is 24.4 Å². The smallest absolute Gasteiger partial charge is 0.270 e. The van der Waals surface area contributed by atoms with Crippen LogP contribution in [0.5, 0.6) is 11.6 Å². The van der Waals surface area contributed by atoms with Crippen molar-refractivity contribution < 1.29 is 42.0 Å². The van der Waals surface area contributed by atoms with Crippen LogP contribution < -0.4 is 14.8 Å². The highest BCUT2D eigenvalue weighted by atomic mass is 32.1. The molecule has 15 nitrogen and oxygen atoms in total. The van der Waals surface area contributed by atoms with Gasteiger partial charge in [0.2, 0.25) is 17.7 Å². The van der Waals surface area contributed by atoms with E-state index in [1.54, 1.807) is 45.2 Å². The third-order valence-corrected chi connectivity index (χ3v) is 14.8. The molecule has 7 heterocycles. The maximum atomic E-state index is 14.8. The van der Waals surface area contributed by atoms with Gasteiger partial charge in [-0.25, -0.2) is 8.78 Å². The Bertz CT molecular complexity index is 2550. The second-order valence-electron chi connectivity index (χ2n) is 18.2. The Morgan fingerprint density at radius 1 is 0.924 bits per heavy atom. The summed E-state index contributed by atoms with van der Waals surface area (Å²) in [6.45, 7) is 6.94. The van der Waals surface area contributed by atoms with Gasteiger partial charge in [0.15, 0.2) is 17.4 Å². The van der Waals surface area contributed by atoms with Crippen molar-refractivity contribution in [3.05, 3.63) is 71.1 Å². The number of nitrogens with one attached hydrogen (secondary N) is 1. The molecule has 3 aliphatic heterocycles. The first-order chi connectivity index (χ1) is 32.0. The van der Waals surface area contributed by atoms with Crippen LogP contribution in [0.2, 0.25) is 0 Å². The molecule has 1 aliphatic carbocycles. The summed E-state index contributed by atoms with van der Waals surface area (Å²) in [6, 6.07) is 7.96. The lowest BCUT2D eigenvalue weighted by Gasteiger charge is -2.42. The first-order valence-electron chi connectivity index (χ1n) is 23.5. The van der Waals surface area contributed by atoms with Gasteiger partial charge in [0.1, 0.15) is 36.7 Å². The van der Waals surface area contributed by atoms with Crippen LogP contribution in [0.15, 0.2) is 52.5 Å². The van der Waals surface area contributed by atoms with E-state index in [0.717, 1.165) is 92.6 Å². The maximum absolute atomic E-state index is 14.8. The third-order valence-electron chi connectivity index (χ3n) is 13.9. The predicted molar refractivity (Wildman–Crippen MR) is 243 cm³/mol. The first kappa shape index (κ1) is 45.5. The Morgan fingerprint density at radius 2 is 1.73 bits per heavy atom. The van der Waals surface area contributed by atoms with Crippen molar-refractivity contribution in [3.8, 4) is 11.6 Å². The highest BCUT2D eigenvalue weighted by Crippen LogP contribution is 2.33. The number of carbonyl (C=O) groups is 4. The summed E-state index contributed by atoms with van der Waals surface area (Å²) in [5.41, 5.74) is 1.29. The Morgan fingerprint density at radius 3 is 2.52 bits per heavy atom.